The van der Waals surface area contributed by atoms with Crippen LogP contribution in [0, 0.1) is 6.92 Å². The molecule has 1 N–H and O–H groups in total. The Hall–Kier alpha value is -2.10. The number of nitrogens with zero attached hydrogens (tertiary/aromatic N) is 1. The lowest BCUT2D eigenvalue weighted by Crippen LogP contribution is -2.24. The Bertz CT molecular complexity index is 434. The highest BCUT2D eigenvalue weighted by Crippen LogP contribution is 2.06. The summed E-state index contributed by atoms with van der Waals surface area (Å²) in [5.41, 5.74) is 2.17. The molecule has 1 amide bonds. The van der Waals surface area contributed by atoms with Gasteiger partial charge in [-0.3, -0.25) is 4.79 Å². The van der Waals surface area contributed by atoms with Crippen LogP contribution >= 0.6 is 0 Å². The minimum absolute atomic E-state index is 0.326. The monoisotopic (exact) mass is 233 g/mol. The minimum Gasteiger partial charge on any atom is -0.478 e. The van der Waals surface area contributed by atoms with Crippen molar-refractivity contribution >= 4 is 11.9 Å². The van der Waals surface area contributed by atoms with Crippen LogP contribution in [-0.2, 0) is 16.1 Å². The molecular formula is C13H15NO3. The third kappa shape index (κ3) is 4.51. The van der Waals surface area contributed by atoms with Gasteiger partial charge >= 0.3 is 5.97 Å². The van der Waals surface area contributed by atoms with E-state index in [1.54, 1.807) is 7.05 Å². The Morgan fingerprint density at radius 3 is 2.35 bits per heavy atom. The Kier molecular flexibility index (Phi) is 4.46. The first-order chi connectivity index (χ1) is 7.99. The van der Waals surface area contributed by atoms with E-state index in [-0.39, 0.29) is 5.91 Å². The summed E-state index contributed by atoms with van der Waals surface area (Å²) in [6.45, 7) is 2.46. The molecule has 4 heteroatoms. The fraction of sp³-hybridized carbons (Fsp3) is 0.231. The molecular weight excluding hydrogens is 218 g/mol. The van der Waals surface area contributed by atoms with Crippen LogP contribution in [-0.4, -0.2) is 28.9 Å². The van der Waals surface area contributed by atoms with Crippen molar-refractivity contribution in [2.24, 2.45) is 0 Å². The Morgan fingerprint density at radius 1 is 1.24 bits per heavy atom. The number of carboxylic acids is 1. The van der Waals surface area contributed by atoms with E-state index in [2.05, 4.69) is 0 Å². The van der Waals surface area contributed by atoms with Crippen molar-refractivity contribution < 1.29 is 14.7 Å². The number of hydrogen-bond acceptors (Lipinski definition) is 2. The second-order valence-corrected chi connectivity index (χ2v) is 3.85. The van der Waals surface area contributed by atoms with Crippen LogP contribution < -0.4 is 0 Å². The maximum atomic E-state index is 11.5. The summed E-state index contributed by atoms with van der Waals surface area (Å²) in [6.07, 6.45) is 1.89. The van der Waals surface area contributed by atoms with Gasteiger partial charge in [-0.1, -0.05) is 29.8 Å². The van der Waals surface area contributed by atoms with E-state index in [4.69, 9.17) is 5.11 Å². The van der Waals surface area contributed by atoms with Crippen molar-refractivity contribution in [3.05, 3.63) is 47.5 Å². The third-order valence-electron chi connectivity index (χ3n) is 2.29. The van der Waals surface area contributed by atoms with Crippen LogP contribution in [0.25, 0.3) is 0 Å². The van der Waals surface area contributed by atoms with Gasteiger partial charge in [0, 0.05) is 25.7 Å². The molecule has 0 aliphatic carbocycles. The Morgan fingerprint density at radius 2 is 1.82 bits per heavy atom. The van der Waals surface area contributed by atoms with Gasteiger partial charge in [0.05, 0.1) is 0 Å². The minimum atomic E-state index is -1.12. The zero-order valence-electron chi connectivity index (χ0n) is 9.88. The molecule has 0 atom stereocenters. The van der Waals surface area contributed by atoms with Gasteiger partial charge in [-0.15, -0.1) is 0 Å². The van der Waals surface area contributed by atoms with Crippen LogP contribution in [0.1, 0.15) is 11.1 Å². The molecule has 0 spiro atoms. The van der Waals surface area contributed by atoms with Crippen LogP contribution in [0.5, 0.6) is 0 Å². The SMILES string of the molecule is Cc1ccc(CN(C)C(=O)/C=C/C(=O)O)cc1. The largest absolute Gasteiger partial charge is 0.478 e. The van der Waals surface area contributed by atoms with Crippen LogP contribution in [0.3, 0.4) is 0 Å². The molecule has 90 valence electrons. The predicted molar refractivity (Wildman–Crippen MR) is 64.4 cm³/mol. The van der Waals surface area contributed by atoms with Crippen molar-refractivity contribution in [3.63, 3.8) is 0 Å². The second-order valence-electron chi connectivity index (χ2n) is 3.85. The smallest absolute Gasteiger partial charge is 0.328 e. The number of likely N-dealkylation sites (N-methyl/N-ethyl adjacent to an activating group) is 1. The molecule has 17 heavy (non-hydrogen) atoms. The summed E-state index contributed by atoms with van der Waals surface area (Å²) >= 11 is 0. The number of amides is 1. The van der Waals surface area contributed by atoms with Gasteiger partial charge in [-0.25, -0.2) is 4.79 Å². The zero-order chi connectivity index (χ0) is 12.8. The van der Waals surface area contributed by atoms with Crippen molar-refractivity contribution in [1.29, 1.82) is 0 Å². The van der Waals surface area contributed by atoms with E-state index in [1.165, 1.54) is 4.90 Å². The lowest BCUT2D eigenvalue weighted by atomic mass is 10.1. The maximum Gasteiger partial charge on any atom is 0.328 e. The number of carboxylic acid groups (broad SMARTS) is 1. The highest BCUT2D eigenvalue weighted by atomic mass is 16.4. The van der Waals surface area contributed by atoms with Gasteiger partial charge < -0.3 is 10.0 Å². The normalized spacial score (nSPS) is 10.5. The van der Waals surface area contributed by atoms with Crippen molar-refractivity contribution in [1.82, 2.24) is 4.90 Å². The number of carbonyl (C=O) groups excluding carboxylic acids is 1. The maximum absolute atomic E-state index is 11.5. The molecule has 0 aromatic heterocycles. The number of benzene rings is 1. The van der Waals surface area contributed by atoms with Gasteiger partial charge in [0.15, 0.2) is 0 Å². The molecule has 4 nitrogen and oxygen atoms in total. The van der Waals surface area contributed by atoms with Crippen LogP contribution in [0.2, 0.25) is 0 Å². The molecule has 0 bridgehead atoms. The molecule has 0 aliphatic rings. The lowest BCUT2D eigenvalue weighted by Gasteiger charge is -2.15. The van der Waals surface area contributed by atoms with Crippen LogP contribution in [0.4, 0.5) is 0 Å². The molecule has 1 rings (SSSR count). The average molecular weight is 233 g/mol. The van der Waals surface area contributed by atoms with Gasteiger partial charge in [-0.05, 0) is 12.5 Å². The standard InChI is InChI=1S/C13H15NO3/c1-10-3-5-11(6-4-10)9-14(2)12(15)7-8-13(16)17/h3-8H,9H2,1-2H3,(H,16,17)/b8-7+. The van der Waals surface area contributed by atoms with Gasteiger partial charge in [0.25, 0.3) is 0 Å². The number of hydrogen-bond donors (Lipinski definition) is 1. The summed E-state index contributed by atoms with van der Waals surface area (Å²) < 4.78 is 0. The lowest BCUT2D eigenvalue weighted by molar-refractivity contribution is -0.132. The molecule has 0 unspecified atom stereocenters. The van der Waals surface area contributed by atoms with Gasteiger partial charge in [0.1, 0.15) is 0 Å². The number of aliphatic carboxylic acids is 1. The molecule has 1 aromatic rings. The Labute approximate surface area is 100 Å². The summed E-state index contributed by atoms with van der Waals surface area (Å²) in [5, 5.41) is 8.41. The molecule has 0 saturated heterocycles. The quantitative estimate of drug-likeness (QED) is 0.803. The third-order valence-corrected chi connectivity index (χ3v) is 2.29. The van der Waals surface area contributed by atoms with E-state index < -0.39 is 5.97 Å². The zero-order valence-corrected chi connectivity index (χ0v) is 9.88. The van der Waals surface area contributed by atoms with Crippen molar-refractivity contribution in [3.8, 4) is 0 Å². The number of aryl methyl sites for hydroxylation is 1. The molecule has 0 fully saturated rings. The van der Waals surface area contributed by atoms with Crippen LogP contribution in [0.15, 0.2) is 36.4 Å². The van der Waals surface area contributed by atoms with E-state index in [9.17, 15) is 9.59 Å². The van der Waals surface area contributed by atoms with Gasteiger partial charge in [-0.2, -0.15) is 0 Å². The highest BCUT2D eigenvalue weighted by molar-refractivity contribution is 5.93. The summed E-state index contributed by atoms with van der Waals surface area (Å²) in [7, 11) is 1.63. The Balaban J connectivity index is 2.59. The number of carbonyl (C=O) groups is 2. The summed E-state index contributed by atoms with van der Waals surface area (Å²) in [5.74, 6) is -1.45. The molecule has 0 heterocycles. The highest BCUT2D eigenvalue weighted by Gasteiger charge is 2.05. The first kappa shape index (κ1) is 13.0. The first-order valence-electron chi connectivity index (χ1n) is 5.20. The molecule has 1 aromatic carbocycles. The average Bonchev–Trinajstić information content (AvgIpc) is 2.28. The van der Waals surface area contributed by atoms with Crippen molar-refractivity contribution in [2.75, 3.05) is 7.05 Å². The predicted octanol–water partition coefficient (Wildman–Crippen LogP) is 1.59. The molecule has 0 saturated carbocycles. The number of rotatable bonds is 4. The fourth-order valence-electron chi connectivity index (χ4n) is 1.32. The van der Waals surface area contributed by atoms with E-state index in [0.717, 1.165) is 23.3 Å². The molecule has 0 aliphatic heterocycles. The van der Waals surface area contributed by atoms with Gasteiger partial charge in [0.2, 0.25) is 5.91 Å². The second kappa shape index (κ2) is 5.84. The molecule has 0 radical (unpaired) electrons. The fourth-order valence-corrected chi connectivity index (χ4v) is 1.32. The summed E-state index contributed by atoms with van der Waals surface area (Å²) in [4.78, 5) is 23.2. The van der Waals surface area contributed by atoms with E-state index in [0.29, 0.717) is 6.54 Å². The van der Waals surface area contributed by atoms with Crippen molar-refractivity contribution in [2.45, 2.75) is 13.5 Å². The topological polar surface area (TPSA) is 57.6 Å². The first-order valence-corrected chi connectivity index (χ1v) is 5.20. The van der Waals surface area contributed by atoms with E-state index in [1.807, 2.05) is 31.2 Å². The van der Waals surface area contributed by atoms with E-state index >= 15 is 0 Å². The summed E-state index contributed by atoms with van der Waals surface area (Å²) in [6, 6.07) is 7.83.